The summed E-state index contributed by atoms with van der Waals surface area (Å²) in [6, 6.07) is 36.7. The molecule has 1 heterocycles. The molecule has 1 aromatic heterocycles. The molecular formula is C33H19Cl4N3. The number of hydrogen-bond donors (Lipinski definition) is 0. The standard InChI is InChI=1S/C33H19Cl4N3/c34-25-11-13-27(29(36)18-25)22-15-23(28-14-12-26(35)19-30(28)37)17-24(16-22)33-39-31(20-7-3-1-4-8-20)38-32(40-33)21-9-5-2-6-10-21/h1-19H. The second-order valence-electron chi connectivity index (χ2n) is 9.09. The van der Waals surface area contributed by atoms with Crippen LogP contribution in [-0.4, -0.2) is 15.0 Å². The van der Waals surface area contributed by atoms with Crippen LogP contribution in [0.5, 0.6) is 0 Å². The highest BCUT2D eigenvalue weighted by Gasteiger charge is 2.16. The van der Waals surface area contributed by atoms with Crippen molar-refractivity contribution >= 4 is 46.4 Å². The molecule has 7 heteroatoms. The van der Waals surface area contributed by atoms with Crippen LogP contribution in [0.4, 0.5) is 0 Å². The van der Waals surface area contributed by atoms with Crippen LogP contribution in [0, 0.1) is 0 Å². The van der Waals surface area contributed by atoms with Gasteiger partial charge in [0, 0.05) is 47.9 Å². The largest absolute Gasteiger partial charge is 0.208 e. The lowest BCUT2D eigenvalue weighted by molar-refractivity contribution is 1.07. The minimum Gasteiger partial charge on any atom is -0.208 e. The van der Waals surface area contributed by atoms with Crippen molar-refractivity contribution in [3.8, 4) is 56.4 Å². The summed E-state index contributed by atoms with van der Waals surface area (Å²) in [7, 11) is 0. The van der Waals surface area contributed by atoms with E-state index in [1.54, 1.807) is 12.1 Å². The maximum atomic E-state index is 6.65. The highest BCUT2D eigenvalue weighted by Crippen LogP contribution is 2.39. The fourth-order valence-electron chi connectivity index (χ4n) is 4.45. The van der Waals surface area contributed by atoms with Gasteiger partial charge >= 0.3 is 0 Å². The van der Waals surface area contributed by atoms with Gasteiger partial charge in [-0.15, -0.1) is 0 Å². The number of aromatic nitrogens is 3. The molecule has 3 nitrogen and oxygen atoms in total. The van der Waals surface area contributed by atoms with Crippen molar-refractivity contribution in [2.24, 2.45) is 0 Å². The summed E-state index contributed by atoms with van der Waals surface area (Å²) in [5, 5.41) is 2.18. The van der Waals surface area contributed by atoms with Gasteiger partial charge in [0.1, 0.15) is 0 Å². The summed E-state index contributed by atoms with van der Waals surface area (Å²) in [6.07, 6.45) is 0. The maximum absolute atomic E-state index is 6.65. The number of hydrogen-bond acceptors (Lipinski definition) is 3. The van der Waals surface area contributed by atoms with Crippen LogP contribution >= 0.6 is 46.4 Å². The molecule has 0 spiro atoms. The van der Waals surface area contributed by atoms with Gasteiger partial charge in [0.15, 0.2) is 17.5 Å². The molecule has 0 saturated carbocycles. The molecule has 0 amide bonds. The minimum atomic E-state index is 0.519. The molecule has 194 valence electrons. The first kappa shape index (κ1) is 26.5. The van der Waals surface area contributed by atoms with Crippen molar-refractivity contribution in [1.82, 2.24) is 15.0 Å². The van der Waals surface area contributed by atoms with Gasteiger partial charge in [-0.2, -0.15) is 0 Å². The van der Waals surface area contributed by atoms with Gasteiger partial charge in [0.05, 0.1) is 0 Å². The molecule has 6 rings (SSSR count). The van der Waals surface area contributed by atoms with E-state index < -0.39 is 0 Å². The monoisotopic (exact) mass is 597 g/mol. The van der Waals surface area contributed by atoms with Crippen LogP contribution in [0.3, 0.4) is 0 Å². The van der Waals surface area contributed by atoms with E-state index in [1.807, 2.05) is 103 Å². The maximum Gasteiger partial charge on any atom is 0.164 e. The lowest BCUT2D eigenvalue weighted by Crippen LogP contribution is -2.00. The third-order valence-electron chi connectivity index (χ3n) is 6.37. The normalized spacial score (nSPS) is 11.0. The van der Waals surface area contributed by atoms with Gasteiger partial charge in [0.25, 0.3) is 0 Å². The van der Waals surface area contributed by atoms with Crippen molar-refractivity contribution in [3.05, 3.63) is 135 Å². The number of halogens is 4. The second-order valence-corrected chi connectivity index (χ2v) is 10.8. The summed E-state index contributed by atoms with van der Waals surface area (Å²) < 4.78 is 0. The summed E-state index contributed by atoms with van der Waals surface area (Å²) in [4.78, 5) is 14.6. The fraction of sp³-hybridized carbons (Fsp3) is 0. The smallest absolute Gasteiger partial charge is 0.164 e. The molecular weight excluding hydrogens is 580 g/mol. The van der Waals surface area contributed by atoms with Crippen molar-refractivity contribution < 1.29 is 0 Å². The average molecular weight is 599 g/mol. The third kappa shape index (κ3) is 5.60. The van der Waals surface area contributed by atoms with E-state index >= 15 is 0 Å². The lowest BCUT2D eigenvalue weighted by Gasteiger charge is -2.14. The molecule has 0 saturated heterocycles. The zero-order valence-corrected chi connectivity index (χ0v) is 23.8. The molecule has 6 aromatic rings. The first-order chi connectivity index (χ1) is 19.4. The van der Waals surface area contributed by atoms with Crippen LogP contribution < -0.4 is 0 Å². The van der Waals surface area contributed by atoms with Gasteiger partial charge in [-0.1, -0.05) is 119 Å². The molecule has 0 atom stereocenters. The zero-order valence-electron chi connectivity index (χ0n) is 20.8. The van der Waals surface area contributed by atoms with Crippen molar-refractivity contribution in [1.29, 1.82) is 0 Å². The molecule has 0 radical (unpaired) electrons. The molecule has 40 heavy (non-hydrogen) atoms. The van der Waals surface area contributed by atoms with Gasteiger partial charge in [-0.3, -0.25) is 0 Å². The van der Waals surface area contributed by atoms with Crippen LogP contribution in [0.2, 0.25) is 20.1 Å². The van der Waals surface area contributed by atoms with Crippen molar-refractivity contribution in [2.75, 3.05) is 0 Å². The summed E-state index contributed by atoms with van der Waals surface area (Å²) in [6.45, 7) is 0. The summed E-state index contributed by atoms with van der Waals surface area (Å²) in [5.74, 6) is 1.67. The Morgan fingerprint density at radius 3 is 1.12 bits per heavy atom. The van der Waals surface area contributed by atoms with Gasteiger partial charge < -0.3 is 0 Å². The Morgan fingerprint density at radius 2 is 0.725 bits per heavy atom. The molecule has 0 aliphatic carbocycles. The van der Waals surface area contributed by atoms with Crippen molar-refractivity contribution in [2.45, 2.75) is 0 Å². The topological polar surface area (TPSA) is 38.7 Å². The molecule has 0 aliphatic rings. The van der Waals surface area contributed by atoms with Crippen molar-refractivity contribution in [3.63, 3.8) is 0 Å². The Balaban J connectivity index is 1.61. The predicted octanol–water partition coefficient (Wildman–Crippen LogP) is 10.8. The number of benzene rings is 5. The van der Waals surface area contributed by atoms with Gasteiger partial charge in [-0.05, 0) is 53.6 Å². The zero-order chi connectivity index (χ0) is 27.6. The van der Waals surface area contributed by atoms with E-state index in [1.165, 1.54) is 0 Å². The Bertz CT molecular complexity index is 1710. The lowest BCUT2D eigenvalue weighted by atomic mass is 9.95. The van der Waals surface area contributed by atoms with Gasteiger partial charge in [0.2, 0.25) is 0 Å². The Hall–Kier alpha value is -3.73. The van der Waals surface area contributed by atoms with Gasteiger partial charge in [-0.25, -0.2) is 15.0 Å². The van der Waals surface area contributed by atoms with Crippen LogP contribution in [0.1, 0.15) is 0 Å². The third-order valence-corrected chi connectivity index (χ3v) is 7.47. The quantitative estimate of drug-likeness (QED) is 0.198. The summed E-state index contributed by atoms with van der Waals surface area (Å²) >= 11 is 25.7. The fourth-order valence-corrected chi connectivity index (χ4v) is 5.49. The van der Waals surface area contributed by atoms with E-state index in [0.29, 0.717) is 37.6 Å². The van der Waals surface area contributed by atoms with E-state index in [4.69, 9.17) is 61.4 Å². The highest BCUT2D eigenvalue weighted by molar-refractivity contribution is 6.37. The van der Waals surface area contributed by atoms with E-state index in [9.17, 15) is 0 Å². The first-order valence-electron chi connectivity index (χ1n) is 12.4. The molecule has 0 unspecified atom stereocenters. The van der Waals surface area contributed by atoms with Crippen LogP contribution in [0.15, 0.2) is 115 Å². The Morgan fingerprint density at radius 1 is 0.350 bits per heavy atom. The van der Waals surface area contributed by atoms with E-state index in [2.05, 4.69) is 0 Å². The van der Waals surface area contributed by atoms with E-state index in [-0.39, 0.29) is 0 Å². The second kappa shape index (κ2) is 11.4. The average Bonchev–Trinajstić information content (AvgIpc) is 2.97. The summed E-state index contributed by atoms with van der Waals surface area (Å²) in [5.41, 5.74) is 5.93. The predicted molar refractivity (Wildman–Crippen MR) is 167 cm³/mol. The molecule has 0 N–H and O–H groups in total. The molecule has 0 fully saturated rings. The molecule has 0 aliphatic heterocycles. The Kier molecular flexibility index (Phi) is 7.55. The number of rotatable bonds is 5. The van der Waals surface area contributed by atoms with E-state index in [0.717, 1.165) is 38.9 Å². The number of nitrogens with zero attached hydrogens (tertiary/aromatic N) is 3. The Labute approximate surface area is 252 Å². The van der Waals surface area contributed by atoms with Crippen LogP contribution in [0.25, 0.3) is 56.4 Å². The molecule has 0 bridgehead atoms. The van der Waals surface area contributed by atoms with Crippen LogP contribution in [-0.2, 0) is 0 Å². The minimum absolute atomic E-state index is 0.519. The molecule has 5 aromatic carbocycles. The first-order valence-corrected chi connectivity index (χ1v) is 13.9. The SMILES string of the molecule is Clc1ccc(-c2cc(-c3nc(-c4ccccc4)nc(-c4ccccc4)n3)cc(-c3ccc(Cl)cc3Cl)c2)c(Cl)c1. The highest BCUT2D eigenvalue weighted by atomic mass is 35.5.